The zero-order valence-corrected chi connectivity index (χ0v) is 11.6. The largest absolute Gasteiger partial charge is 0.481 e. The Labute approximate surface area is 122 Å². The first kappa shape index (κ1) is 13.4. The summed E-state index contributed by atoms with van der Waals surface area (Å²) >= 11 is 6.02. The topological polar surface area (TPSA) is 66.4 Å². The summed E-state index contributed by atoms with van der Waals surface area (Å²) in [5, 5.41) is 12.6. The summed E-state index contributed by atoms with van der Waals surface area (Å²) in [4.78, 5) is 23.9. The van der Waals surface area contributed by atoms with Crippen LogP contribution in [0.2, 0.25) is 5.02 Å². The van der Waals surface area contributed by atoms with Crippen molar-refractivity contribution in [1.29, 1.82) is 0 Å². The van der Waals surface area contributed by atoms with E-state index in [0.29, 0.717) is 10.7 Å². The Hall–Kier alpha value is -1.55. The number of aliphatic carboxylic acids is 1. The molecule has 2 saturated carbocycles. The van der Waals surface area contributed by atoms with Crippen LogP contribution in [0.3, 0.4) is 0 Å². The van der Waals surface area contributed by atoms with Crippen LogP contribution in [0.4, 0.5) is 5.69 Å². The second-order valence-electron chi connectivity index (χ2n) is 5.69. The van der Waals surface area contributed by atoms with E-state index in [9.17, 15) is 14.7 Å². The lowest BCUT2D eigenvalue weighted by molar-refractivity contribution is -0.148. The third-order valence-electron chi connectivity index (χ3n) is 4.64. The third-order valence-corrected chi connectivity index (χ3v) is 4.97. The van der Waals surface area contributed by atoms with Crippen LogP contribution in [0, 0.1) is 23.7 Å². The fourth-order valence-electron chi connectivity index (χ4n) is 3.80. The highest BCUT2D eigenvalue weighted by molar-refractivity contribution is 6.33. The highest BCUT2D eigenvalue weighted by Gasteiger charge is 2.53. The number of benzene rings is 1. The highest BCUT2D eigenvalue weighted by atomic mass is 35.5. The molecule has 2 fully saturated rings. The molecule has 1 aromatic carbocycles. The molecule has 5 heteroatoms. The summed E-state index contributed by atoms with van der Waals surface area (Å²) in [6.45, 7) is 0. The van der Waals surface area contributed by atoms with Crippen LogP contribution in [0.25, 0.3) is 0 Å². The molecule has 0 aliphatic heterocycles. The van der Waals surface area contributed by atoms with Gasteiger partial charge in [-0.25, -0.2) is 0 Å². The van der Waals surface area contributed by atoms with Gasteiger partial charge in [0.05, 0.1) is 22.5 Å². The number of amides is 1. The number of hydrogen-bond donors (Lipinski definition) is 2. The van der Waals surface area contributed by atoms with Gasteiger partial charge in [-0.15, -0.1) is 0 Å². The van der Waals surface area contributed by atoms with Crippen LogP contribution in [0.15, 0.2) is 24.3 Å². The summed E-state index contributed by atoms with van der Waals surface area (Å²) in [5.41, 5.74) is 0.547. The monoisotopic (exact) mass is 293 g/mol. The van der Waals surface area contributed by atoms with Gasteiger partial charge in [-0.2, -0.15) is 0 Å². The number of halogens is 1. The summed E-state index contributed by atoms with van der Waals surface area (Å²) in [5.74, 6) is -1.68. The minimum absolute atomic E-state index is 0.152. The van der Waals surface area contributed by atoms with Gasteiger partial charge in [-0.1, -0.05) is 23.7 Å². The molecule has 1 aromatic rings. The molecule has 3 rings (SSSR count). The zero-order chi connectivity index (χ0) is 14.3. The molecule has 0 radical (unpaired) electrons. The number of carboxylic acids is 1. The molecule has 2 aliphatic carbocycles. The summed E-state index contributed by atoms with van der Waals surface area (Å²) < 4.78 is 0. The molecule has 106 valence electrons. The summed E-state index contributed by atoms with van der Waals surface area (Å²) in [7, 11) is 0. The van der Waals surface area contributed by atoms with Crippen molar-refractivity contribution >= 4 is 29.2 Å². The first-order valence-corrected chi connectivity index (χ1v) is 7.24. The van der Waals surface area contributed by atoms with E-state index < -0.39 is 17.8 Å². The molecule has 4 atom stereocenters. The lowest BCUT2D eigenvalue weighted by Gasteiger charge is -2.27. The Bertz CT molecular complexity index is 560. The van der Waals surface area contributed by atoms with Gasteiger partial charge in [-0.3, -0.25) is 9.59 Å². The molecule has 0 saturated heterocycles. The molecule has 20 heavy (non-hydrogen) atoms. The minimum atomic E-state index is -0.850. The van der Waals surface area contributed by atoms with Gasteiger partial charge in [0.25, 0.3) is 0 Å². The first-order valence-electron chi connectivity index (χ1n) is 6.86. The number of nitrogens with one attached hydrogen (secondary N) is 1. The molecule has 1 amide bonds. The van der Waals surface area contributed by atoms with E-state index in [-0.39, 0.29) is 17.7 Å². The predicted octanol–water partition coefficient (Wildman–Crippen LogP) is 3.03. The van der Waals surface area contributed by atoms with Crippen molar-refractivity contribution in [2.75, 3.05) is 5.32 Å². The van der Waals surface area contributed by atoms with Gasteiger partial charge in [0.2, 0.25) is 5.91 Å². The van der Waals surface area contributed by atoms with Gasteiger partial charge in [0.1, 0.15) is 0 Å². The lowest BCUT2D eigenvalue weighted by atomic mass is 9.78. The van der Waals surface area contributed by atoms with Crippen LogP contribution >= 0.6 is 11.6 Å². The fourth-order valence-corrected chi connectivity index (χ4v) is 3.99. The Kier molecular flexibility index (Phi) is 3.42. The number of carbonyl (C=O) groups excluding carboxylic acids is 1. The molecule has 4 nitrogen and oxygen atoms in total. The van der Waals surface area contributed by atoms with Gasteiger partial charge in [0, 0.05) is 0 Å². The minimum Gasteiger partial charge on any atom is -0.481 e. The fraction of sp³-hybridized carbons (Fsp3) is 0.467. The molecule has 0 aromatic heterocycles. The van der Waals surface area contributed by atoms with Gasteiger partial charge in [-0.05, 0) is 43.2 Å². The molecule has 0 unspecified atom stereocenters. The Morgan fingerprint density at radius 3 is 2.45 bits per heavy atom. The van der Waals surface area contributed by atoms with Crippen molar-refractivity contribution in [3.8, 4) is 0 Å². The summed E-state index contributed by atoms with van der Waals surface area (Å²) in [6.07, 6.45) is 2.74. The van der Waals surface area contributed by atoms with Crippen molar-refractivity contribution in [1.82, 2.24) is 0 Å². The maximum Gasteiger partial charge on any atom is 0.307 e. The van der Waals surface area contributed by atoms with Crippen LogP contribution in [0.1, 0.15) is 19.3 Å². The number of carbonyl (C=O) groups is 2. The lowest BCUT2D eigenvalue weighted by Crippen LogP contribution is -2.37. The standard InChI is InChI=1S/C15H16ClNO3/c16-10-3-1-2-4-11(10)17-14(18)12-8-5-6-9(7-8)13(12)15(19)20/h1-4,8-9,12-13H,5-7H2,(H,17,18)(H,19,20)/t8-,9+,12-,13-/m0/s1. The number of para-hydroxylation sites is 1. The summed E-state index contributed by atoms with van der Waals surface area (Å²) in [6, 6.07) is 7.00. The average Bonchev–Trinajstić information content (AvgIpc) is 3.01. The number of anilines is 1. The number of rotatable bonds is 3. The quantitative estimate of drug-likeness (QED) is 0.900. The molecule has 0 spiro atoms. The SMILES string of the molecule is O=C(O)[C@H]1[C@@H]2CC[C@@H](C2)[C@@H]1C(=O)Nc1ccccc1Cl. The smallest absolute Gasteiger partial charge is 0.307 e. The van der Waals surface area contributed by atoms with E-state index in [2.05, 4.69) is 5.32 Å². The van der Waals surface area contributed by atoms with E-state index in [0.717, 1.165) is 19.3 Å². The maximum absolute atomic E-state index is 12.4. The van der Waals surface area contributed by atoms with Crippen molar-refractivity contribution in [2.45, 2.75) is 19.3 Å². The Morgan fingerprint density at radius 2 is 1.80 bits per heavy atom. The first-order chi connectivity index (χ1) is 9.58. The van der Waals surface area contributed by atoms with E-state index in [4.69, 9.17) is 11.6 Å². The second kappa shape index (κ2) is 5.09. The number of fused-ring (bicyclic) bond motifs is 2. The Balaban J connectivity index is 1.80. The van der Waals surface area contributed by atoms with E-state index in [1.165, 1.54) is 0 Å². The highest BCUT2D eigenvalue weighted by Crippen LogP contribution is 2.52. The molecular weight excluding hydrogens is 278 g/mol. The molecule has 2 aliphatic rings. The van der Waals surface area contributed by atoms with Crippen molar-refractivity contribution in [3.63, 3.8) is 0 Å². The van der Waals surface area contributed by atoms with E-state index >= 15 is 0 Å². The van der Waals surface area contributed by atoms with Crippen molar-refractivity contribution < 1.29 is 14.7 Å². The zero-order valence-electron chi connectivity index (χ0n) is 10.9. The van der Waals surface area contributed by atoms with Gasteiger partial charge in [0.15, 0.2) is 0 Å². The van der Waals surface area contributed by atoms with E-state index in [1.807, 2.05) is 0 Å². The molecule has 2 N–H and O–H groups in total. The van der Waals surface area contributed by atoms with Crippen LogP contribution in [-0.4, -0.2) is 17.0 Å². The second-order valence-corrected chi connectivity index (χ2v) is 6.10. The average molecular weight is 294 g/mol. The van der Waals surface area contributed by atoms with Crippen molar-refractivity contribution in [3.05, 3.63) is 29.3 Å². The Morgan fingerprint density at radius 1 is 1.15 bits per heavy atom. The molecule has 0 heterocycles. The molecular formula is C15H16ClNO3. The van der Waals surface area contributed by atoms with Crippen LogP contribution in [0.5, 0.6) is 0 Å². The van der Waals surface area contributed by atoms with Gasteiger partial charge < -0.3 is 10.4 Å². The maximum atomic E-state index is 12.4. The van der Waals surface area contributed by atoms with E-state index in [1.54, 1.807) is 24.3 Å². The number of hydrogen-bond acceptors (Lipinski definition) is 2. The predicted molar refractivity (Wildman–Crippen MR) is 75.5 cm³/mol. The normalized spacial score (nSPS) is 31.2. The molecule has 2 bridgehead atoms. The van der Waals surface area contributed by atoms with Crippen LogP contribution < -0.4 is 5.32 Å². The van der Waals surface area contributed by atoms with Crippen LogP contribution in [-0.2, 0) is 9.59 Å². The third kappa shape index (κ3) is 2.18. The number of carboxylic acid groups (broad SMARTS) is 1. The van der Waals surface area contributed by atoms with Gasteiger partial charge >= 0.3 is 5.97 Å². The van der Waals surface area contributed by atoms with Crippen molar-refractivity contribution in [2.24, 2.45) is 23.7 Å².